The molecule has 1 amide bonds. The smallest absolute Gasteiger partial charge is 0.326 e. The molecule has 4 aromatic rings. The molecule has 0 fully saturated rings. The second-order valence-corrected chi connectivity index (χ2v) is 10.1. The third-order valence-electron chi connectivity index (χ3n) is 6.60. The maximum Gasteiger partial charge on any atom is 0.326 e. The molecule has 0 bridgehead atoms. The molecular formula is C30H37N9O5. The molecule has 0 saturated heterocycles. The lowest BCUT2D eigenvalue weighted by Crippen LogP contribution is -2.41. The highest BCUT2D eigenvalue weighted by Crippen LogP contribution is 2.19. The number of likely N-dealkylation sites (N-methyl/N-ethyl adjacent to an activating group) is 1. The number of aromatic nitrogens is 4. The Bertz CT molecular complexity index is 1570. The summed E-state index contributed by atoms with van der Waals surface area (Å²) in [7, 11) is 3.81. The van der Waals surface area contributed by atoms with Gasteiger partial charge in [0.15, 0.2) is 17.0 Å². The van der Waals surface area contributed by atoms with E-state index < -0.39 is 23.9 Å². The maximum atomic E-state index is 12.4. The van der Waals surface area contributed by atoms with E-state index in [1.165, 1.54) is 17.7 Å². The van der Waals surface area contributed by atoms with Crippen LogP contribution in [0.5, 0.6) is 0 Å². The number of nitrogen functional groups attached to an aromatic ring is 2. The fraction of sp³-hybridized carbons (Fsp3) is 0.300. The Morgan fingerprint density at radius 1 is 0.977 bits per heavy atom. The number of carbonyl (C=O) groups excluding carboxylic acids is 1. The summed E-state index contributed by atoms with van der Waals surface area (Å²) in [5.74, 6) is -2.91. The van der Waals surface area contributed by atoms with Crippen LogP contribution in [-0.4, -0.2) is 74.2 Å². The van der Waals surface area contributed by atoms with E-state index in [1.807, 2.05) is 25.1 Å². The SMILES string of the molecule is CN(Cc1cnc2nc(N)nc(N)c2n1)c1ccc(C(=O)NC(CCC(=O)O)C(=O)O)cc1.CNC(C)Cc1ccccc1. The monoisotopic (exact) mass is 603 g/mol. The van der Waals surface area contributed by atoms with E-state index in [2.05, 4.69) is 61.8 Å². The summed E-state index contributed by atoms with van der Waals surface area (Å²) < 4.78 is 0. The van der Waals surface area contributed by atoms with Crippen LogP contribution in [0.4, 0.5) is 17.5 Å². The van der Waals surface area contributed by atoms with Crippen molar-refractivity contribution in [2.75, 3.05) is 30.5 Å². The molecule has 2 unspecified atom stereocenters. The molecule has 8 N–H and O–H groups in total. The van der Waals surface area contributed by atoms with Gasteiger partial charge in [-0.1, -0.05) is 30.3 Å². The van der Waals surface area contributed by atoms with Crippen molar-refractivity contribution >= 4 is 46.5 Å². The first-order chi connectivity index (χ1) is 21.0. The Labute approximate surface area is 254 Å². The van der Waals surface area contributed by atoms with E-state index in [9.17, 15) is 19.5 Å². The van der Waals surface area contributed by atoms with Gasteiger partial charge >= 0.3 is 11.9 Å². The van der Waals surface area contributed by atoms with Crippen LogP contribution in [0.15, 0.2) is 60.8 Å². The number of aliphatic carboxylic acids is 2. The van der Waals surface area contributed by atoms with Crippen molar-refractivity contribution in [3.8, 4) is 0 Å². The number of amides is 1. The Morgan fingerprint density at radius 3 is 2.27 bits per heavy atom. The number of fused-ring (bicyclic) bond motifs is 1. The zero-order chi connectivity index (χ0) is 32.2. The van der Waals surface area contributed by atoms with E-state index in [0.29, 0.717) is 29.4 Å². The van der Waals surface area contributed by atoms with Crippen LogP contribution in [0.3, 0.4) is 0 Å². The molecule has 0 spiro atoms. The quantitative estimate of drug-likeness (QED) is 0.137. The molecule has 44 heavy (non-hydrogen) atoms. The average Bonchev–Trinajstić information content (AvgIpc) is 3.00. The first-order valence-corrected chi connectivity index (χ1v) is 13.8. The number of hydrogen-bond donors (Lipinski definition) is 6. The number of hydrogen-bond acceptors (Lipinski definition) is 11. The van der Waals surface area contributed by atoms with E-state index in [0.717, 1.165) is 12.1 Å². The topological polar surface area (TPSA) is 223 Å². The van der Waals surface area contributed by atoms with Gasteiger partial charge < -0.3 is 37.2 Å². The van der Waals surface area contributed by atoms with Crippen molar-refractivity contribution in [3.63, 3.8) is 0 Å². The van der Waals surface area contributed by atoms with Crippen molar-refractivity contribution in [2.45, 2.75) is 44.8 Å². The van der Waals surface area contributed by atoms with Crippen molar-refractivity contribution in [2.24, 2.45) is 0 Å². The first-order valence-electron chi connectivity index (χ1n) is 13.8. The number of benzene rings is 2. The van der Waals surface area contributed by atoms with Crippen LogP contribution in [0.25, 0.3) is 11.2 Å². The second-order valence-electron chi connectivity index (χ2n) is 10.1. The number of nitrogens with two attached hydrogens (primary N) is 2. The molecule has 0 aliphatic carbocycles. The largest absolute Gasteiger partial charge is 0.481 e. The number of nitrogens with zero attached hydrogens (tertiary/aromatic N) is 5. The van der Waals surface area contributed by atoms with Crippen LogP contribution in [0.2, 0.25) is 0 Å². The number of carboxylic acids is 2. The minimum absolute atomic E-state index is 0.0138. The Balaban J connectivity index is 0.000000404. The summed E-state index contributed by atoms with van der Waals surface area (Å²) >= 11 is 0. The summed E-state index contributed by atoms with van der Waals surface area (Å²) in [6.45, 7) is 2.56. The molecule has 2 atom stereocenters. The van der Waals surface area contributed by atoms with E-state index in [-0.39, 0.29) is 30.2 Å². The van der Waals surface area contributed by atoms with Crippen LogP contribution >= 0.6 is 0 Å². The van der Waals surface area contributed by atoms with Crippen molar-refractivity contribution in [1.82, 2.24) is 30.6 Å². The standard InChI is InChI=1S/C20H22N8O5.C10H15N/c1-28(9-11-8-23-17-15(24-11)16(21)26-20(22)27-17)12-4-2-10(3-5-12)18(31)25-13(19(32)33)6-7-14(29)30;1-9(11-2)8-10-6-4-3-5-7-10/h2-5,8,13H,6-7,9H2,1H3,(H,25,31)(H,29,30)(H,32,33)(H4,21,22,23,26,27);3-7,9,11H,8H2,1-2H3. The van der Waals surface area contributed by atoms with E-state index in [1.54, 1.807) is 18.3 Å². The predicted octanol–water partition coefficient (Wildman–Crippen LogP) is 2.11. The van der Waals surface area contributed by atoms with Gasteiger partial charge in [-0.3, -0.25) is 9.59 Å². The van der Waals surface area contributed by atoms with Crippen molar-refractivity contribution in [3.05, 3.63) is 77.6 Å². The van der Waals surface area contributed by atoms with Crippen LogP contribution in [-0.2, 0) is 22.6 Å². The van der Waals surface area contributed by atoms with Crippen molar-refractivity contribution in [1.29, 1.82) is 0 Å². The molecular weight excluding hydrogens is 566 g/mol. The van der Waals surface area contributed by atoms with Crippen LogP contribution in [0.1, 0.15) is 41.4 Å². The molecule has 232 valence electrons. The second kappa shape index (κ2) is 15.7. The molecule has 14 heteroatoms. The fourth-order valence-electron chi connectivity index (χ4n) is 4.10. The van der Waals surface area contributed by atoms with Gasteiger partial charge in [0.2, 0.25) is 5.95 Å². The molecule has 0 aliphatic rings. The first kappa shape index (κ1) is 33.1. The minimum Gasteiger partial charge on any atom is -0.481 e. The molecule has 2 aromatic heterocycles. The summed E-state index contributed by atoms with van der Waals surface area (Å²) in [4.78, 5) is 52.7. The van der Waals surface area contributed by atoms with Gasteiger partial charge in [0, 0.05) is 30.8 Å². The van der Waals surface area contributed by atoms with Gasteiger partial charge in [0.25, 0.3) is 5.91 Å². The van der Waals surface area contributed by atoms with Gasteiger partial charge in [0.1, 0.15) is 6.04 Å². The zero-order valence-corrected chi connectivity index (χ0v) is 24.8. The highest BCUT2D eigenvalue weighted by atomic mass is 16.4. The summed E-state index contributed by atoms with van der Waals surface area (Å²) in [6.07, 6.45) is 2.07. The molecule has 0 radical (unpaired) electrons. The average molecular weight is 604 g/mol. The number of carbonyl (C=O) groups is 3. The zero-order valence-electron chi connectivity index (χ0n) is 24.8. The van der Waals surface area contributed by atoms with Gasteiger partial charge in [-0.2, -0.15) is 9.97 Å². The molecule has 14 nitrogen and oxygen atoms in total. The third-order valence-corrected chi connectivity index (χ3v) is 6.60. The van der Waals surface area contributed by atoms with Crippen LogP contribution in [0, 0.1) is 0 Å². The maximum absolute atomic E-state index is 12.4. The van der Waals surface area contributed by atoms with Gasteiger partial charge in [-0.25, -0.2) is 14.8 Å². The van der Waals surface area contributed by atoms with Crippen molar-refractivity contribution < 1.29 is 24.6 Å². The summed E-state index contributed by atoms with van der Waals surface area (Å²) in [5.41, 5.74) is 15.1. The lowest BCUT2D eigenvalue weighted by molar-refractivity contribution is -0.140. The summed E-state index contributed by atoms with van der Waals surface area (Å²) in [5, 5.41) is 23.5. The lowest BCUT2D eigenvalue weighted by Gasteiger charge is -2.19. The van der Waals surface area contributed by atoms with Gasteiger partial charge in [-0.15, -0.1) is 0 Å². The predicted molar refractivity (Wildman–Crippen MR) is 167 cm³/mol. The normalized spacial score (nSPS) is 12.0. The Morgan fingerprint density at radius 2 is 1.66 bits per heavy atom. The van der Waals surface area contributed by atoms with E-state index in [4.69, 9.17) is 16.6 Å². The molecule has 0 aliphatic heterocycles. The third kappa shape index (κ3) is 9.87. The fourth-order valence-corrected chi connectivity index (χ4v) is 4.10. The van der Waals surface area contributed by atoms with Gasteiger partial charge in [0.05, 0.1) is 18.4 Å². The minimum atomic E-state index is -1.30. The van der Waals surface area contributed by atoms with Gasteiger partial charge in [-0.05, 0) is 56.6 Å². The molecule has 0 saturated carbocycles. The summed E-state index contributed by atoms with van der Waals surface area (Å²) in [6, 6.07) is 16.3. The number of nitrogens with one attached hydrogen (secondary N) is 2. The Kier molecular flexibility index (Phi) is 11.9. The number of anilines is 3. The molecule has 2 aromatic carbocycles. The highest BCUT2D eigenvalue weighted by Gasteiger charge is 2.21. The van der Waals surface area contributed by atoms with Crippen LogP contribution < -0.4 is 27.0 Å². The lowest BCUT2D eigenvalue weighted by atomic mass is 10.1. The molecule has 4 rings (SSSR count). The number of rotatable bonds is 12. The van der Waals surface area contributed by atoms with E-state index >= 15 is 0 Å². The number of carboxylic acid groups (broad SMARTS) is 2. The molecule has 2 heterocycles. The Hall–Kier alpha value is -5.37. The highest BCUT2D eigenvalue weighted by molar-refractivity contribution is 5.97.